The molecule has 0 aliphatic carbocycles. The number of hydrogen-bond donors (Lipinski definition) is 1. The molecule has 0 bridgehead atoms. The Morgan fingerprint density at radius 2 is 2.10 bits per heavy atom. The minimum absolute atomic E-state index is 0.193. The van der Waals surface area contributed by atoms with Gasteiger partial charge in [-0.05, 0) is 43.7 Å². The molecule has 1 aromatic heterocycles. The van der Waals surface area contributed by atoms with Crippen molar-refractivity contribution in [2.24, 2.45) is 0 Å². The molecule has 21 heavy (non-hydrogen) atoms. The van der Waals surface area contributed by atoms with Crippen LogP contribution in [0.5, 0.6) is 0 Å². The molecular weight excluding hydrogens is 291 g/mol. The third-order valence-electron chi connectivity index (χ3n) is 2.81. The summed E-state index contributed by atoms with van der Waals surface area (Å²) < 4.78 is 13.6. The minimum Gasteiger partial charge on any atom is -0.245 e. The zero-order valence-corrected chi connectivity index (χ0v) is 12.5. The second kappa shape index (κ2) is 6.50. The van der Waals surface area contributed by atoms with Crippen LogP contribution < -0.4 is 10.3 Å². The minimum atomic E-state index is -0.468. The molecule has 0 saturated carbocycles. The van der Waals surface area contributed by atoms with Crippen molar-refractivity contribution in [3.05, 3.63) is 64.1 Å². The normalized spacial score (nSPS) is 10.9. The average molecular weight is 306 g/mol. The zero-order valence-electron chi connectivity index (χ0n) is 11.7. The first-order chi connectivity index (χ1) is 9.95. The van der Waals surface area contributed by atoms with Crippen LogP contribution in [0.3, 0.4) is 0 Å². The maximum Gasteiger partial charge on any atom is 0.331 e. The Labute approximate surface area is 127 Å². The average Bonchev–Trinajstić information content (AvgIpc) is 2.36. The fraction of sp³-hybridized carbons (Fsp3) is 0.125. The van der Waals surface area contributed by atoms with E-state index in [1.807, 2.05) is 26.0 Å². The van der Waals surface area contributed by atoms with Crippen LogP contribution >= 0.6 is 11.6 Å². The lowest BCUT2D eigenvalue weighted by Gasteiger charge is -2.00. The third-order valence-corrected chi connectivity index (χ3v) is 3.14. The summed E-state index contributed by atoms with van der Waals surface area (Å²) in [4.78, 5) is 14.9. The largest absolute Gasteiger partial charge is 0.331 e. The summed E-state index contributed by atoms with van der Waals surface area (Å²) in [7, 11) is 0. The zero-order chi connectivity index (χ0) is 15.4. The predicted molar refractivity (Wildman–Crippen MR) is 81.5 cm³/mol. The highest BCUT2D eigenvalue weighted by atomic mass is 35.5. The molecule has 0 spiro atoms. The summed E-state index contributed by atoms with van der Waals surface area (Å²) in [6.07, 6.45) is 2.60. The molecule has 0 atom stereocenters. The first kappa shape index (κ1) is 15.2. The summed E-state index contributed by atoms with van der Waals surface area (Å²) in [5.41, 5.74) is 2.16. The van der Waals surface area contributed by atoms with Crippen molar-refractivity contribution in [3.8, 4) is 0 Å². The lowest BCUT2D eigenvalue weighted by atomic mass is 10.2. The van der Waals surface area contributed by atoms with Gasteiger partial charge in [0.1, 0.15) is 5.82 Å². The molecule has 2 rings (SSSR count). The van der Waals surface area contributed by atoms with E-state index in [0.29, 0.717) is 5.82 Å². The molecule has 3 nitrogen and oxygen atoms in total. The van der Waals surface area contributed by atoms with Crippen molar-refractivity contribution < 1.29 is 14.2 Å². The highest BCUT2D eigenvalue weighted by Crippen LogP contribution is 2.20. The smallest absolute Gasteiger partial charge is 0.245 e. The van der Waals surface area contributed by atoms with E-state index in [1.165, 1.54) is 24.3 Å². The highest BCUT2D eigenvalue weighted by Gasteiger charge is 2.09. The van der Waals surface area contributed by atoms with Gasteiger partial charge in [-0.2, -0.15) is 0 Å². The molecule has 5 heteroatoms. The van der Waals surface area contributed by atoms with Crippen LogP contribution in [-0.4, -0.2) is 5.91 Å². The number of nitrogens with one attached hydrogen (secondary N) is 2. The van der Waals surface area contributed by atoms with E-state index in [1.54, 1.807) is 6.07 Å². The van der Waals surface area contributed by atoms with Gasteiger partial charge in [-0.15, -0.1) is 0 Å². The molecule has 0 radical (unpaired) electrons. The molecule has 1 heterocycles. The molecule has 0 saturated heterocycles. The molecule has 1 aromatic carbocycles. The number of H-pyrrole nitrogens is 1. The van der Waals surface area contributed by atoms with E-state index in [4.69, 9.17) is 11.6 Å². The second-order valence-corrected chi connectivity index (χ2v) is 5.12. The van der Waals surface area contributed by atoms with Crippen molar-refractivity contribution in [3.63, 3.8) is 0 Å². The monoisotopic (exact) mass is 305 g/mol. The number of hydrogen-bond acceptors (Lipinski definition) is 1. The Morgan fingerprint density at radius 1 is 1.33 bits per heavy atom. The van der Waals surface area contributed by atoms with Gasteiger partial charge in [-0.3, -0.25) is 0 Å². The quantitative estimate of drug-likeness (QED) is 0.866. The number of halogens is 2. The van der Waals surface area contributed by atoms with Gasteiger partial charge in [0.2, 0.25) is 0 Å². The van der Waals surface area contributed by atoms with Crippen LogP contribution in [0.15, 0.2) is 36.4 Å². The number of aromatic amines is 1. The van der Waals surface area contributed by atoms with Crippen LogP contribution in [0.4, 0.5) is 10.2 Å². The second-order valence-electron chi connectivity index (χ2n) is 4.71. The Bertz CT molecular complexity index is 673. The van der Waals surface area contributed by atoms with Gasteiger partial charge in [0, 0.05) is 17.7 Å². The standard InChI is InChI=1S/C16H14ClFN2O/c1-10-8-11(2)19-15(9-10)20-16(21)7-6-12-13(17)4-3-5-14(12)18/h3-9H,1-2H3,(H,19,20,21)/p+1. The SMILES string of the molecule is Cc1cc(C)[nH+]c(NC(=O)C=Cc2c(F)cccc2Cl)c1. The van der Waals surface area contributed by atoms with Crippen molar-refractivity contribution in [2.75, 3.05) is 5.32 Å². The van der Waals surface area contributed by atoms with E-state index in [0.717, 1.165) is 11.3 Å². The number of aryl methyl sites for hydroxylation is 2. The fourth-order valence-electron chi connectivity index (χ4n) is 1.97. The predicted octanol–water partition coefficient (Wildman–Crippen LogP) is 3.56. The Balaban J connectivity index is 2.13. The summed E-state index contributed by atoms with van der Waals surface area (Å²) >= 11 is 5.89. The maximum atomic E-state index is 13.6. The molecule has 0 fully saturated rings. The summed E-state index contributed by atoms with van der Waals surface area (Å²) in [5, 5.41) is 2.95. The van der Waals surface area contributed by atoms with E-state index < -0.39 is 5.82 Å². The molecule has 1 amide bonds. The number of aromatic nitrogens is 1. The summed E-state index contributed by atoms with van der Waals surface area (Å²) in [6, 6.07) is 8.15. The van der Waals surface area contributed by atoms with Crippen molar-refractivity contribution in [2.45, 2.75) is 13.8 Å². The first-order valence-corrected chi connectivity index (χ1v) is 6.77. The van der Waals surface area contributed by atoms with Crippen LogP contribution in [-0.2, 0) is 4.79 Å². The summed E-state index contributed by atoms with van der Waals surface area (Å²) in [6.45, 7) is 3.84. The van der Waals surface area contributed by atoms with Crippen molar-refractivity contribution in [1.82, 2.24) is 0 Å². The van der Waals surface area contributed by atoms with Gasteiger partial charge < -0.3 is 0 Å². The van der Waals surface area contributed by atoms with Gasteiger partial charge >= 0.3 is 5.91 Å². The van der Waals surface area contributed by atoms with E-state index in [2.05, 4.69) is 10.3 Å². The molecule has 0 aliphatic rings. The van der Waals surface area contributed by atoms with Gasteiger partial charge in [0.25, 0.3) is 5.82 Å². The van der Waals surface area contributed by atoms with Gasteiger partial charge in [-0.25, -0.2) is 19.5 Å². The molecule has 2 N–H and O–H groups in total. The van der Waals surface area contributed by atoms with Gasteiger partial charge in [0.05, 0.1) is 10.7 Å². The van der Waals surface area contributed by atoms with Crippen molar-refractivity contribution >= 4 is 29.4 Å². The number of pyridine rings is 1. The van der Waals surface area contributed by atoms with Crippen LogP contribution in [0.2, 0.25) is 5.02 Å². The van der Waals surface area contributed by atoms with E-state index in [9.17, 15) is 9.18 Å². The van der Waals surface area contributed by atoms with Gasteiger partial charge in [-0.1, -0.05) is 17.7 Å². The molecule has 2 aromatic rings. The lowest BCUT2D eigenvalue weighted by Crippen LogP contribution is -2.19. The lowest BCUT2D eigenvalue weighted by molar-refractivity contribution is -0.370. The third kappa shape index (κ3) is 4.13. The van der Waals surface area contributed by atoms with E-state index >= 15 is 0 Å². The number of benzene rings is 1. The Kier molecular flexibility index (Phi) is 4.70. The number of anilines is 1. The number of carbonyl (C=O) groups excluding carboxylic acids is 1. The summed E-state index contributed by atoms with van der Waals surface area (Å²) in [5.74, 6) is -0.248. The fourth-order valence-corrected chi connectivity index (χ4v) is 2.19. The van der Waals surface area contributed by atoms with Gasteiger partial charge in [0.15, 0.2) is 0 Å². The Hall–Kier alpha value is -2.20. The Morgan fingerprint density at radius 3 is 2.76 bits per heavy atom. The van der Waals surface area contributed by atoms with Crippen LogP contribution in [0.25, 0.3) is 6.08 Å². The molecule has 0 unspecified atom stereocenters. The van der Waals surface area contributed by atoms with E-state index in [-0.39, 0.29) is 16.5 Å². The van der Waals surface area contributed by atoms with Crippen LogP contribution in [0.1, 0.15) is 16.8 Å². The number of rotatable bonds is 3. The van der Waals surface area contributed by atoms with Crippen LogP contribution in [0, 0.1) is 19.7 Å². The molecule has 108 valence electrons. The maximum absolute atomic E-state index is 13.6. The highest BCUT2D eigenvalue weighted by molar-refractivity contribution is 6.32. The number of amides is 1. The molecular formula is C16H15ClFN2O+. The van der Waals surface area contributed by atoms with Crippen molar-refractivity contribution in [1.29, 1.82) is 0 Å². The first-order valence-electron chi connectivity index (χ1n) is 6.39. The molecule has 0 aliphatic heterocycles. The topological polar surface area (TPSA) is 43.2 Å². The number of carbonyl (C=O) groups is 1.